The molecule has 0 unspecified atom stereocenters. The molecule has 2 aromatic rings. The van der Waals surface area contributed by atoms with Crippen molar-refractivity contribution < 1.29 is 32.9 Å². The Morgan fingerprint density at radius 2 is 1.85 bits per heavy atom. The molecule has 2 saturated carbocycles. The molecule has 3 aliphatic carbocycles. The monoisotopic (exact) mass is 554 g/mol. The molecule has 3 fully saturated rings. The maximum Gasteiger partial charge on any atom is 0.442 e. The number of piperidine rings is 1. The maximum absolute atomic E-state index is 13.4. The molecule has 5 atom stereocenters. The average molecular weight is 555 g/mol. The third-order valence-electron chi connectivity index (χ3n) is 10.3. The predicted octanol–water partition coefficient (Wildman–Crippen LogP) is 3.94. The molecule has 2 bridgehead atoms. The van der Waals surface area contributed by atoms with E-state index in [4.69, 9.17) is 4.74 Å². The zero-order chi connectivity index (χ0) is 27.7. The number of nitrogens with zero attached hydrogens (tertiary/aromatic N) is 3. The minimum atomic E-state index is -4.64. The third kappa shape index (κ3) is 3.07. The van der Waals surface area contributed by atoms with Crippen molar-refractivity contribution in [1.29, 1.82) is 0 Å². The topological polar surface area (TPSA) is 107 Å². The maximum atomic E-state index is 13.4. The van der Waals surface area contributed by atoms with Gasteiger partial charge in [-0.25, -0.2) is 0 Å². The zero-order valence-corrected chi connectivity index (χ0v) is 21.6. The minimum absolute atomic E-state index is 0.0268. The highest BCUT2D eigenvalue weighted by Crippen LogP contribution is 2.65. The van der Waals surface area contributed by atoms with Crippen molar-refractivity contribution in [2.75, 3.05) is 13.1 Å². The number of carbonyl (C=O) groups excluding carboxylic acids is 1. The molecule has 3 heterocycles. The lowest BCUT2D eigenvalue weighted by atomic mass is 9.48. The van der Waals surface area contributed by atoms with Crippen LogP contribution in [0.5, 0.6) is 11.5 Å². The molecule has 8 nitrogen and oxygen atoms in total. The largest absolute Gasteiger partial charge is 0.504 e. The molecule has 3 aliphatic heterocycles. The van der Waals surface area contributed by atoms with E-state index >= 15 is 0 Å². The van der Waals surface area contributed by atoms with E-state index in [1.165, 1.54) is 37.1 Å². The van der Waals surface area contributed by atoms with Crippen molar-refractivity contribution in [1.82, 2.24) is 10.2 Å². The van der Waals surface area contributed by atoms with E-state index in [2.05, 4.69) is 20.4 Å². The van der Waals surface area contributed by atoms with Gasteiger partial charge in [0.1, 0.15) is 6.10 Å². The second kappa shape index (κ2) is 7.76. The SMILES string of the molecule is O=C(N[C@@H]1CC[C@@]2(O)[C@H]3Cc4ccc(O)c5c4[C@@]2(CCN3CC2CC2)[C@H]1O5)c1ccc(C2(C(F)(F)F)N=N2)cc1. The Labute approximate surface area is 228 Å². The predicted molar refractivity (Wildman–Crippen MR) is 135 cm³/mol. The summed E-state index contributed by atoms with van der Waals surface area (Å²) in [5.41, 5.74) is -2.36. The van der Waals surface area contributed by atoms with E-state index in [-0.39, 0.29) is 22.9 Å². The van der Waals surface area contributed by atoms with Crippen LogP contribution in [0.4, 0.5) is 13.2 Å². The number of benzene rings is 2. The van der Waals surface area contributed by atoms with Crippen LogP contribution >= 0.6 is 0 Å². The first-order valence-electron chi connectivity index (χ1n) is 14.0. The minimum Gasteiger partial charge on any atom is -0.504 e. The second-order valence-corrected chi connectivity index (χ2v) is 12.4. The van der Waals surface area contributed by atoms with Crippen molar-refractivity contribution in [2.24, 2.45) is 16.1 Å². The molecule has 210 valence electrons. The van der Waals surface area contributed by atoms with Crippen LogP contribution in [0.15, 0.2) is 46.6 Å². The van der Waals surface area contributed by atoms with Gasteiger partial charge in [-0.15, -0.1) is 10.2 Å². The van der Waals surface area contributed by atoms with Crippen LogP contribution in [-0.2, 0) is 17.5 Å². The number of amides is 1. The molecule has 40 heavy (non-hydrogen) atoms. The van der Waals surface area contributed by atoms with Gasteiger partial charge in [-0.3, -0.25) is 9.69 Å². The van der Waals surface area contributed by atoms with Crippen LogP contribution in [0.3, 0.4) is 0 Å². The summed E-state index contributed by atoms with van der Waals surface area (Å²) in [4.78, 5) is 15.8. The summed E-state index contributed by atoms with van der Waals surface area (Å²) in [6.07, 6.45) is -0.501. The Bertz CT molecular complexity index is 1450. The summed E-state index contributed by atoms with van der Waals surface area (Å²) >= 11 is 0. The van der Waals surface area contributed by atoms with Crippen molar-refractivity contribution in [3.8, 4) is 11.5 Å². The molecule has 3 N–H and O–H groups in total. The van der Waals surface area contributed by atoms with Crippen LogP contribution in [0.2, 0.25) is 0 Å². The van der Waals surface area contributed by atoms with Gasteiger partial charge in [0.15, 0.2) is 11.5 Å². The molecular formula is C29H29F3N4O4. The molecule has 0 aromatic heterocycles. The highest BCUT2D eigenvalue weighted by molar-refractivity contribution is 5.94. The quantitative estimate of drug-likeness (QED) is 0.519. The van der Waals surface area contributed by atoms with Gasteiger partial charge in [-0.2, -0.15) is 13.2 Å². The van der Waals surface area contributed by atoms with Gasteiger partial charge < -0.3 is 20.3 Å². The molecule has 6 aliphatic rings. The number of alkyl halides is 3. The first-order chi connectivity index (χ1) is 19.1. The molecule has 1 spiro atoms. The normalized spacial score (nSPS) is 34.6. The Hall–Kier alpha value is -3.18. The fourth-order valence-corrected chi connectivity index (χ4v) is 8.18. The zero-order valence-electron chi connectivity index (χ0n) is 21.6. The number of phenolic OH excluding ortho intramolecular Hbond substituents is 1. The molecule has 8 rings (SSSR count). The number of likely N-dealkylation sites (tertiary alicyclic amines) is 1. The summed E-state index contributed by atoms with van der Waals surface area (Å²) in [5, 5.41) is 32.8. The van der Waals surface area contributed by atoms with Gasteiger partial charge in [0.25, 0.3) is 5.91 Å². The molecule has 2 aromatic carbocycles. The van der Waals surface area contributed by atoms with Gasteiger partial charge in [0.2, 0.25) is 0 Å². The number of rotatable bonds is 5. The molecule has 1 amide bonds. The highest BCUT2D eigenvalue weighted by atomic mass is 19.4. The van der Waals surface area contributed by atoms with Crippen molar-refractivity contribution in [3.05, 3.63) is 58.7 Å². The number of hydrogen-bond acceptors (Lipinski definition) is 7. The number of carbonyl (C=O) groups is 1. The number of hydrogen-bond donors (Lipinski definition) is 3. The summed E-state index contributed by atoms with van der Waals surface area (Å²) in [5.74, 6) is 0.667. The lowest BCUT2D eigenvalue weighted by Crippen LogP contribution is -2.78. The number of aromatic hydroxyl groups is 1. The van der Waals surface area contributed by atoms with Crippen LogP contribution in [0, 0.1) is 5.92 Å². The molecule has 0 radical (unpaired) electrons. The lowest BCUT2D eigenvalue weighted by Gasteiger charge is -2.64. The van der Waals surface area contributed by atoms with Crippen LogP contribution in [-0.4, -0.2) is 64.1 Å². The molecular weight excluding hydrogens is 525 g/mol. The van der Waals surface area contributed by atoms with Gasteiger partial charge in [-0.1, -0.05) is 18.2 Å². The Morgan fingerprint density at radius 1 is 1.10 bits per heavy atom. The van der Waals surface area contributed by atoms with E-state index in [1.54, 1.807) is 6.07 Å². The van der Waals surface area contributed by atoms with E-state index in [9.17, 15) is 28.2 Å². The molecule has 1 saturated heterocycles. The number of ether oxygens (including phenoxy) is 1. The van der Waals surface area contributed by atoms with E-state index in [0.29, 0.717) is 37.4 Å². The van der Waals surface area contributed by atoms with Crippen molar-refractivity contribution in [3.63, 3.8) is 0 Å². The first-order valence-corrected chi connectivity index (χ1v) is 14.0. The van der Waals surface area contributed by atoms with Gasteiger partial charge in [0, 0.05) is 29.3 Å². The number of halogens is 3. The second-order valence-electron chi connectivity index (χ2n) is 12.4. The van der Waals surface area contributed by atoms with Gasteiger partial charge >= 0.3 is 11.8 Å². The summed E-state index contributed by atoms with van der Waals surface area (Å²) in [7, 11) is 0. The van der Waals surface area contributed by atoms with Crippen molar-refractivity contribution in [2.45, 2.75) is 79.6 Å². The number of phenols is 1. The van der Waals surface area contributed by atoms with E-state index in [1.807, 2.05) is 6.07 Å². The van der Waals surface area contributed by atoms with Crippen molar-refractivity contribution >= 4 is 5.91 Å². The first kappa shape index (κ1) is 24.6. The standard InChI is InChI=1S/C29H29F3N4O4/c30-29(31,32)28(34-35-28)18-6-3-16(4-7-18)25(38)33-19-9-10-27(39)21-13-17-5-8-20(37)23-22(17)26(27,24(19)40-23)11-12-36(21)14-15-1-2-15/h3-8,15,19,21,24,37,39H,1-2,9-14H2,(H,33,38)/t19-,21-,24+,26+,27-/m1/s1. The Morgan fingerprint density at radius 3 is 2.52 bits per heavy atom. The summed E-state index contributed by atoms with van der Waals surface area (Å²) in [6.45, 7) is 1.78. The summed E-state index contributed by atoms with van der Waals surface area (Å²) < 4.78 is 46.6. The smallest absolute Gasteiger partial charge is 0.442 e. The van der Waals surface area contributed by atoms with E-state index in [0.717, 1.165) is 24.2 Å². The fourth-order valence-electron chi connectivity index (χ4n) is 8.18. The summed E-state index contributed by atoms with van der Waals surface area (Å²) in [6, 6.07) is 8.21. The lowest BCUT2D eigenvalue weighted by molar-refractivity contribution is -0.191. The van der Waals surface area contributed by atoms with Gasteiger partial charge in [-0.05, 0) is 74.8 Å². The fraction of sp³-hybridized carbons (Fsp3) is 0.552. The number of aliphatic hydroxyl groups is 1. The Balaban J connectivity index is 1.10. The Kier molecular flexibility index (Phi) is 4.77. The highest BCUT2D eigenvalue weighted by Gasteiger charge is 2.73. The van der Waals surface area contributed by atoms with E-state index < -0.39 is 40.9 Å². The molecule has 11 heteroatoms. The van der Waals surface area contributed by atoms with Gasteiger partial charge in [0.05, 0.1) is 17.1 Å². The van der Waals surface area contributed by atoms with Crippen LogP contribution in [0.25, 0.3) is 0 Å². The number of nitrogens with one attached hydrogen (secondary N) is 1. The third-order valence-corrected chi connectivity index (χ3v) is 10.3. The average Bonchev–Trinajstić information content (AvgIpc) is 3.84. The van der Waals surface area contributed by atoms with Crippen LogP contribution < -0.4 is 10.1 Å². The van der Waals surface area contributed by atoms with Crippen LogP contribution in [0.1, 0.15) is 59.2 Å².